The maximum absolute atomic E-state index is 12.5. The van der Waals surface area contributed by atoms with Crippen LogP contribution < -0.4 is 0 Å². The largest absolute Gasteiger partial charge is 0.445 e. The molecule has 2 amide bonds. The van der Waals surface area contributed by atoms with E-state index in [1.54, 1.807) is 0 Å². The van der Waals surface area contributed by atoms with E-state index in [0.717, 1.165) is 16.1 Å². The van der Waals surface area contributed by atoms with Gasteiger partial charge in [0, 0.05) is 13.7 Å². The van der Waals surface area contributed by atoms with Crippen molar-refractivity contribution in [1.82, 2.24) is 9.21 Å². The van der Waals surface area contributed by atoms with Gasteiger partial charge in [0.05, 0.1) is 18.3 Å². The van der Waals surface area contributed by atoms with E-state index in [9.17, 15) is 18.0 Å². The highest BCUT2D eigenvalue weighted by atomic mass is 32.2. The van der Waals surface area contributed by atoms with Gasteiger partial charge in [-0.1, -0.05) is 30.3 Å². The first-order valence-corrected chi connectivity index (χ1v) is 9.73. The number of carbonyl (C=O) groups excluding carboxylic acids is 2. The summed E-state index contributed by atoms with van der Waals surface area (Å²) in [6, 6.07) is 7.94. The first kappa shape index (κ1) is 17.7. The Kier molecular flexibility index (Phi) is 4.70. The molecule has 9 heteroatoms. The Morgan fingerprint density at radius 1 is 1.28 bits per heavy atom. The maximum atomic E-state index is 12.5. The van der Waals surface area contributed by atoms with Crippen molar-refractivity contribution < 1.29 is 27.5 Å². The molecule has 0 N–H and O–H groups in total. The summed E-state index contributed by atoms with van der Waals surface area (Å²) < 4.78 is 35.3. The average Bonchev–Trinajstić information content (AvgIpc) is 3.09. The SMILES string of the molecule is CO[C@H]1C(=O)N(S(C)(=O)=O)[C@H]2CCN(C(=O)OCc3ccccc3)[C@H]12. The van der Waals surface area contributed by atoms with E-state index < -0.39 is 40.2 Å². The van der Waals surface area contributed by atoms with Gasteiger partial charge in [0.15, 0.2) is 6.10 Å². The Bertz CT molecular complexity index is 766. The van der Waals surface area contributed by atoms with E-state index >= 15 is 0 Å². The zero-order valence-electron chi connectivity index (χ0n) is 14.0. The smallest absolute Gasteiger partial charge is 0.410 e. The second kappa shape index (κ2) is 6.64. The molecule has 0 aliphatic carbocycles. The lowest BCUT2D eigenvalue weighted by Gasteiger charge is -2.25. The summed E-state index contributed by atoms with van der Waals surface area (Å²) in [6.07, 6.45) is -0.242. The molecule has 0 bridgehead atoms. The minimum atomic E-state index is -3.73. The van der Waals surface area contributed by atoms with E-state index in [4.69, 9.17) is 9.47 Å². The number of ether oxygens (including phenoxy) is 2. The standard InChI is InChI=1S/C16H20N2O6S/c1-23-14-13-12(18(15(14)19)25(2,21)22)8-9-17(13)16(20)24-10-11-6-4-3-5-7-11/h3-7,12-14H,8-10H2,1-2H3/t12-,13-,14+/m0/s1. The number of nitrogens with zero attached hydrogens (tertiary/aromatic N) is 2. The summed E-state index contributed by atoms with van der Waals surface area (Å²) in [4.78, 5) is 26.2. The second-order valence-corrected chi connectivity index (χ2v) is 7.99. The molecule has 2 aliphatic heterocycles. The number of sulfonamides is 1. The van der Waals surface area contributed by atoms with E-state index in [-0.39, 0.29) is 6.61 Å². The molecule has 8 nitrogen and oxygen atoms in total. The Balaban J connectivity index is 1.76. The summed E-state index contributed by atoms with van der Waals surface area (Å²) in [7, 11) is -2.40. The highest BCUT2D eigenvalue weighted by Gasteiger charge is 2.58. The van der Waals surface area contributed by atoms with Crippen molar-refractivity contribution in [2.75, 3.05) is 19.9 Å². The first-order chi connectivity index (χ1) is 11.8. The summed E-state index contributed by atoms with van der Waals surface area (Å²) in [5, 5.41) is 0. The van der Waals surface area contributed by atoms with Gasteiger partial charge in [0.1, 0.15) is 6.61 Å². The van der Waals surface area contributed by atoms with Crippen molar-refractivity contribution in [2.45, 2.75) is 31.2 Å². The van der Waals surface area contributed by atoms with Crippen LogP contribution in [-0.2, 0) is 30.9 Å². The van der Waals surface area contributed by atoms with Gasteiger partial charge >= 0.3 is 6.09 Å². The van der Waals surface area contributed by atoms with Crippen molar-refractivity contribution in [3.05, 3.63) is 35.9 Å². The lowest BCUT2D eigenvalue weighted by molar-refractivity contribution is -0.133. The maximum Gasteiger partial charge on any atom is 0.410 e. The fourth-order valence-corrected chi connectivity index (χ4v) is 4.67. The highest BCUT2D eigenvalue weighted by Crippen LogP contribution is 2.36. The van der Waals surface area contributed by atoms with E-state index in [0.29, 0.717) is 13.0 Å². The molecule has 1 aromatic carbocycles. The quantitative estimate of drug-likeness (QED) is 0.772. The lowest BCUT2D eigenvalue weighted by Crippen LogP contribution is -2.45. The van der Waals surface area contributed by atoms with Crippen LogP contribution in [0.4, 0.5) is 4.79 Å². The molecule has 0 spiro atoms. The average molecular weight is 368 g/mol. The van der Waals surface area contributed by atoms with E-state index in [1.165, 1.54) is 12.0 Å². The zero-order chi connectivity index (χ0) is 18.2. The van der Waals surface area contributed by atoms with Crippen LogP contribution in [0.15, 0.2) is 30.3 Å². The van der Waals surface area contributed by atoms with Gasteiger partial charge in [-0.25, -0.2) is 17.5 Å². The molecular weight excluding hydrogens is 348 g/mol. The molecule has 0 saturated carbocycles. The molecule has 0 aromatic heterocycles. The molecule has 2 saturated heterocycles. The number of amides is 2. The number of hydrogen-bond donors (Lipinski definition) is 0. The third-order valence-corrected chi connectivity index (χ3v) is 5.71. The summed E-state index contributed by atoms with van der Waals surface area (Å²) >= 11 is 0. The molecule has 2 fully saturated rings. The predicted octanol–water partition coefficient (Wildman–Crippen LogP) is 0.583. The molecule has 0 unspecified atom stereocenters. The number of hydrogen-bond acceptors (Lipinski definition) is 6. The van der Waals surface area contributed by atoms with E-state index in [2.05, 4.69) is 0 Å². The summed E-state index contributed by atoms with van der Waals surface area (Å²) in [5.41, 5.74) is 0.843. The van der Waals surface area contributed by atoms with Crippen molar-refractivity contribution in [3.63, 3.8) is 0 Å². The number of methoxy groups -OCH3 is 1. The van der Waals surface area contributed by atoms with Gasteiger partial charge in [0.25, 0.3) is 5.91 Å². The number of carbonyl (C=O) groups is 2. The van der Waals surface area contributed by atoms with Gasteiger partial charge in [-0.05, 0) is 12.0 Å². The monoisotopic (exact) mass is 368 g/mol. The molecule has 2 aliphatic rings. The molecule has 136 valence electrons. The van der Waals surface area contributed by atoms with Gasteiger partial charge in [0.2, 0.25) is 10.0 Å². The molecule has 1 aromatic rings. The van der Waals surface area contributed by atoms with Crippen LogP contribution in [0.1, 0.15) is 12.0 Å². The van der Waals surface area contributed by atoms with Gasteiger partial charge in [-0.15, -0.1) is 0 Å². The zero-order valence-corrected chi connectivity index (χ0v) is 14.8. The number of fused-ring (bicyclic) bond motifs is 1. The Morgan fingerprint density at radius 3 is 2.56 bits per heavy atom. The Hall–Kier alpha value is -2.13. The van der Waals surface area contributed by atoms with Crippen molar-refractivity contribution >= 4 is 22.0 Å². The molecule has 3 atom stereocenters. The van der Waals surface area contributed by atoms with Crippen LogP contribution in [0, 0.1) is 0 Å². The van der Waals surface area contributed by atoms with Crippen molar-refractivity contribution in [1.29, 1.82) is 0 Å². The molecule has 3 rings (SSSR count). The van der Waals surface area contributed by atoms with Crippen LogP contribution in [0.25, 0.3) is 0 Å². The lowest BCUT2D eigenvalue weighted by atomic mass is 10.1. The number of rotatable bonds is 4. The van der Waals surface area contributed by atoms with Crippen LogP contribution >= 0.6 is 0 Å². The number of benzene rings is 1. The third-order valence-electron chi connectivity index (χ3n) is 4.54. The van der Waals surface area contributed by atoms with Gasteiger partial charge in [-0.3, -0.25) is 9.69 Å². The van der Waals surface area contributed by atoms with E-state index in [1.807, 2.05) is 30.3 Å². The predicted molar refractivity (Wildman–Crippen MR) is 88.0 cm³/mol. The third kappa shape index (κ3) is 3.21. The topological polar surface area (TPSA) is 93.2 Å². The van der Waals surface area contributed by atoms with Crippen molar-refractivity contribution in [3.8, 4) is 0 Å². The minimum absolute atomic E-state index is 0.106. The number of likely N-dealkylation sites (tertiary alicyclic amines) is 1. The fraction of sp³-hybridized carbons (Fsp3) is 0.500. The highest BCUT2D eigenvalue weighted by molar-refractivity contribution is 7.88. The normalized spacial score (nSPS) is 26.0. The van der Waals surface area contributed by atoms with Crippen LogP contribution in [0.5, 0.6) is 0 Å². The minimum Gasteiger partial charge on any atom is -0.445 e. The Labute approximate surface area is 146 Å². The van der Waals surface area contributed by atoms with Gasteiger partial charge in [-0.2, -0.15) is 0 Å². The fourth-order valence-electron chi connectivity index (χ4n) is 3.52. The first-order valence-electron chi connectivity index (χ1n) is 7.88. The molecular formula is C16H20N2O6S. The summed E-state index contributed by atoms with van der Waals surface area (Å²) in [5.74, 6) is -0.638. The summed E-state index contributed by atoms with van der Waals surface area (Å²) in [6.45, 7) is 0.414. The molecule has 0 radical (unpaired) electrons. The van der Waals surface area contributed by atoms with Crippen molar-refractivity contribution in [2.24, 2.45) is 0 Å². The Morgan fingerprint density at radius 2 is 1.96 bits per heavy atom. The van der Waals surface area contributed by atoms with Crippen LogP contribution in [0.3, 0.4) is 0 Å². The van der Waals surface area contributed by atoms with Gasteiger partial charge < -0.3 is 9.47 Å². The van der Waals surface area contributed by atoms with Crippen LogP contribution in [-0.4, -0.2) is 67.7 Å². The second-order valence-electron chi connectivity index (χ2n) is 6.13. The molecule has 2 heterocycles. The van der Waals surface area contributed by atoms with Crippen LogP contribution in [0.2, 0.25) is 0 Å². The molecule has 25 heavy (non-hydrogen) atoms.